The summed E-state index contributed by atoms with van der Waals surface area (Å²) in [6.45, 7) is 0.982. The fourth-order valence-electron chi connectivity index (χ4n) is 2.53. The van der Waals surface area contributed by atoms with Crippen LogP contribution < -0.4 is 0 Å². The van der Waals surface area contributed by atoms with E-state index in [4.69, 9.17) is 9.47 Å². The molecule has 1 N–H and O–H groups in total. The second kappa shape index (κ2) is 5.14. The lowest BCUT2D eigenvalue weighted by Crippen LogP contribution is -2.49. The molecule has 0 bridgehead atoms. The van der Waals surface area contributed by atoms with Crippen molar-refractivity contribution in [2.24, 2.45) is 5.41 Å². The monoisotopic (exact) mass is 242 g/mol. The first-order valence-corrected chi connectivity index (χ1v) is 6.11. The van der Waals surface area contributed by atoms with Crippen LogP contribution in [-0.4, -0.2) is 42.8 Å². The number of ether oxygens (including phenoxy) is 2. The van der Waals surface area contributed by atoms with E-state index in [-0.39, 0.29) is 31.3 Å². The van der Waals surface area contributed by atoms with Crippen LogP contribution in [0.15, 0.2) is 0 Å². The minimum atomic E-state index is -1.37. The molecule has 17 heavy (non-hydrogen) atoms. The fraction of sp³-hybridized carbons (Fsp3) is 0.833. The van der Waals surface area contributed by atoms with Crippen molar-refractivity contribution in [2.45, 2.75) is 38.2 Å². The number of hydrogen-bond acceptors (Lipinski definition) is 4. The smallest absolute Gasteiger partial charge is 0.319 e. The number of rotatable bonds is 3. The molecule has 2 atom stereocenters. The predicted octanol–water partition coefficient (Wildman–Crippen LogP) is 1.01. The van der Waals surface area contributed by atoms with Crippen LogP contribution in [-0.2, 0) is 19.1 Å². The second-order valence-electron chi connectivity index (χ2n) is 4.81. The van der Waals surface area contributed by atoms with Gasteiger partial charge in [0.15, 0.2) is 11.2 Å². The number of carbonyl (C=O) groups is 2. The Balaban J connectivity index is 2.10. The predicted molar refractivity (Wildman–Crippen MR) is 58.7 cm³/mol. The number of carboxylic acid groups (broad SMARTS) is 1. The molecule has 2 saturated heterocycles. The Labute approximate surface area is 100 Å². The number of carboxylic acids is 1. The van der Waals surface area contributed by atoms with Crippen LogP contribution in [0.3, 0.4) is 0 Å². The zero-order valence-corrected chi connectivity index (χ0v) is 9.81. The van der Waals surface area contributed by atoms with Gasteiger partial charge in [0.25, 0.3) is 0 Å². The second-order valence-corrected chi connectivity index (χ2v) is 4.81. The maximum Gasteiger partial charge on any atom is 0.319 e. The minimum absolute atomic E-state index is 0.0129. The zero-order chi connectivity index (χ0) is 12.3. The molecule has 0 saturated carbocycles. The van der Waals surface area contributed by atoms with Crippen molar-refractivity contribution in [2.75, 3.05) is 19.8 Å². The van der Waals surface area contributed by atoms with E-state index in [1.807, 2.05) is 0 Å². The Kier molecular flexibility index (Phi) is 3.79. The van der Waals surface area contributed by atoms with Gasteiger partial charge in [-0.2, -0.15) is 0 Å². The lowest BCUT2D eigenvalue weighted by atomic mass is 9.75. The number of carbonyl (C=O) groups excluding carboxylic acids is 1. The summed E-state index contributed by atoms with van der Waals surface area (Å²) in [5.74, 6) is -1.29. The molecule has 5 nitrogen and oxygen atoms in total. The van der Waals surface area contributed by atoms with Crippen LogP contribution >= 0.6 is 0 Å². The molecule has 0 amide bonds. The van der Waals surface area contributed by atoms with E-state index >= 15 is 0 Å². The van der Waals surface area contributed by atoms with Gasteiger partial charge in [-0.1, -0.05) is 0 Å². The first-order chi connectivity index (χ1) is 8.15. The highest BCUT2D eigenvalue weighted by Gasteiger charge is 2.49. The zero-order valence-electron chi connectivity index (χ0n) is 9.81. The molecule has 0 spiro atoms. The van der Waals surface area contributed by atoms with Crippen LogP contribution in [0.5, 0.6) is 0 Å². The Morgan fingerprint density at radius 3 is 2.82 bits per heavy atom. The molecule has 0 aromatic rings. The minimum Gasteiger partial charge on any atom is -0.480 e. The van der Waals surface area contributed by atoms with Crippen LogP contribution in [0, 0.1) is 5.41 Å². The Morgan fingerprint density at radius 2 is 2.24 bits per heavy atom. The van der Waals surface area contributed by atoms with Crippen molar-refractivity contribution in [1.29, 1.82) is 0 Å². The van der Waals surface area contributed by atoms with Crippen molar-refractivity contribution in [3.63, 3.8) is 0 Å². The van der Waals surface area contributed by atoms with E-state index in [0.717, 1.165) is 19.3 Å². The number of ketones is 1. The average Bonchev–Trinajstić information content (AvgIpc) is 2.33. The van der Waals surface area contributed by atoms with Gasteiger partial charge in [-0.05, 0) is 25.7 Å². The van der Waals surface area contributed by atoms with Gasteiger partial charge in [-0.3, -0.25) is 9.59 Å². The van der Waals surface area contributed by atoms with Crippen LogP contribution in [0.25, 0.3) is 0 Å². The van der Waals surface area contributed by atoms with E-state index in [1.54, 1.807) is 0 Å². The first-order valence-electron chi connectivity index (χ1n) is 6.11. The number of aliphatic carboxylic acids is 1. The third-order valence-electron chi connectivity index (χ3n) is 3.62. The van der Waals surface area contributed by atoms with Gasteiger partial charge < -0.3 is 14.6 Å². The van der Waals surface area contributed by atoms with Gasteiger partial charge in [-0.15, -0.1) is 0 Å². The van der Waals surface area contributed by atoms with Gasteiger partial charge in [0.1, 0.15) is 0 Å². The SMILES string of the molecule is O=C(O)C1(CC2CCCCO2)COCCC1=O. The quantitative estimate of drug-likeness (QED) is 0.747. The normalized spacial score (nSPS) is 34.6. The molecule has 0 aromatic carbocycles. The van der Waals surface area contributed by atoms with Gasteiger partial charge in [-0.25, -0.2) is 0 Å². The summed E-state index contributed by atoms with van der Waals surface area (Å²) in [6, 6.07) is 0. The molecule has 2 fully saturated rings. The van der Waals surface area contributed by atoms with Crippen molar-refractivity contribution in [3.05, 3.63) is 0 Å². The third kappa shape index (κ3) is 2.50. The molecule has 2 rings (SSSR count). The molecular weight excluding hydrogens is 224 g/mol. The standard InChI is InChI=1S/C12H18O5/c13-10-4-6-16-8-12(10,11(14)15)7-9-3-1-2-5-17-9/h9H,1-8H2,(H,14,15). The van der Waals surface area contributed by atoms with Crippen molar-refractivity contribution in [1.82, 2.24) is 0 Å². The largest absolute Gasteiger partial charge is 0.480 e. The van der Waals surface area contributed by atoms with Gasteiger partial charge >= 0.3 is 5.97 Å². The summed E-state index contributed by atoms with van der Waals surface area (Å²) in [5.41, 5.74) is -1.37. The molecule has 2 heterocycles. The third-order valence-corrected chi connectivity index (χ3v) is 3.62. The summed E-state index contributed by atoms with van der Waals surface area (Å²) in [6.07, 6.45) is 3.21. The molecule has 2 aliphatic heterocycles. The number of Topliss-reactive ketones (excluding diaryl/α,β-unsaturated/α-hetero) is 1. The summed E-state index contributed by atoms with van der Waals surface area (Å²) >= 11 is 0. The fourth-order valence-corrected chi connectivity index (χ4v) is 2.53. The summed E-state index contributed by atoms with van der Waals surface area (Å²) < 4.78 is 10.7. The van der Waals surface area contributed by atoms with Gasteiger partial charge in [0.05, 0.1) is 19.3 Å². The molecule has 5 heteroatoms. The molecule has 2 aliphatic rings. The van der Waals surface area contributed by atoms with E-state index in [2.05, 4.69) is 0 Å². The first kappa shape index (κ1) is 12.5. The van der Waals surface area contributed by atoms with Gasteiger partial charge in [0, 0.05) is 13.0 Å². The highest BCUT2D eigenvalue weighted by atomic mass is 16.5. The van der Waals surface area contributed by atoms with E-state index in [1.165, 1.54) is 0 Å². The van der Waals surface area contributed by atoms with Crippen molar-refractivity contribution in [3.8, 4) is 0 Å². The molecule has 2 unspecified atom stereocenters. The Morgan fingerprint density at radius 1 is 1.41 bits per heavy atom. The molecule has 0 aromatic heterocycles. The Bertz CT molecular complexity index is 308. The van der Waals surface area contributed by atoms with Crippen LogP contribution in [0.2, 0.25) is 0 Å². The maximum absolute atomic E-state index is 11.9. The molecule has 0 aliphatic carbocycles. The van der Waals surface area contributed by atoms with E-state index in [9.17, 15) is 14.7 Å². The summed E-state index contributed by atoms with van der Waals surface area (Å²) in [4.78, 5) is 23.3. The molecular formula is C12H18O5. The highest BCUT2D eigenvalue weighted by molar-refractivity contribution is 6.03. The summed E-state index contributed by atoms with van der Waals surface area (Å²) in [7, 11) is 0. The highest BCUT2D eigenvalue weighted by Crippen LogP contribution is 2.34. The summed E-state index contributed by atoms with van der Waals surface area (Å²) in [5, 5.41) is 9.33. The molecule has 0 radical (unpaired) electrons. The van der Waals surface area contributed by atoms with Crippen molar-refractivity contribution >= 4 is 11.8 Å². The van der Waals surface area contributed by atoms with Crippen molar-refractivity contribution < 1.29 is 24.2 Å². The van der Waals surface area contributed by atoms with Gasteiger partial charge in [0.2, 0.25) is 0 Å². The van der Waals surface area contributed by atoms with E-state index in [0.29, 0.717) is 13.2 Å². The molecule has 96 valence electrons. The number of hydrogen-bond donors (Lipinski definition) is 1. The Hall–Kier alpha value is -0.940. The lowest BCUT2D eigenvalue weighted by Gasteiger charge is -2.35. The maximum atomic E-state index is 11.9. The van der Waals surface area contributed by atoms with E-state index < -0.39 is 11.4 Å². The topological polar surface area (TPSA) is 72.8 Å². The lowest BCUT2D eigenvalue weighted by molar-refractivity contribution is -0.169. The van der Waals surface area contributed by atoms with Crippen LogP contribution in [0.4, 0.5) is 0 Å². The average molecular weight is 242 g/mol. The van der Waals surface area contributed by atoms with Crippen LogP contribution in [0.1, 0.15) is 32.1 Å².